The van der Waals surface area contributed by atoms with Crippen LogP contribution in [0.1, 0.15) is 48.8 Å². The van der Waals surface area contributed by atoms with Crippen molar-refractivity contribution in [2.24, 2.45) is 0 Å². The van der Waals surface area contributed by atoms with Crippen molar-refractivity contribution in [1.82, 2.24) is 9.80 Å². The number of benzene rings is 1. The van der Waals surface area contributed by atoms with E-state index < -0.39 is 0 Å². The lowest BCUT2D eigenvalue weighted by atomic mass is 9.98. The Kier molecular flexibility index (Phi) is 5.04. The van der Waals surface area contributed by atoms with E-state index in [1.165, 1.54) is 0 Å². The molecule has 0 spiro atoms. The van der Waals surface area contributed by atoms with Crippen LogP contribution in [-0.4, -0.2) is 41.4 Å². The second kappa shape index (κ2) is 7.47. The van der Waals surface area contributed by atoms with E-state index in [9.17, 15) is 9.59 Å². The maximum absolute atomic E-state index is 13.0. The molecule has 2 fully saturated rings. The van der Waals surface area contributed by atoms with Gasteiger partial charge in [0.25, 0.3) is 0 Å². The van der Waals surface area contributed by atoms with Crippen LogP contribution in [0.25, 0.3) is 11.0 Å². The summed E-state index contributed by atoms with van der Waals surface area (Å²) in [6.07, 6.45) is 5.33. The summed E-state index contributed by atoms with van der Waals surface area (Å²) < 4.78 is 5.51. The zero-order valence-electron chi connectivity index (χ0n) is 16.3. The number of fused-ring (bicyclic) bond motifs is 1. The molecule has 1 aromatic heterocycles. The molecule has 0 N–H and O–H groups in total. The number of carbonyl (C=O) groups excluding carboxylic acids is 1. The van der Waals surface area contributed by atoms with Crippen LogP contribution in [0.15, 0.2) is 27.4 Å². The number of likely N-dealkylation sites (tertiary alicyclic amines) is 2. The highest BCUT2D eigenvalue weighted by Crippen LogP contribution is 2.27. The van der Waals surface area contributed by atoms with Crippen LogP contribution in [0.3, 0.4) is 0 Å². The van der Waals surface area contributed by atoms with Crippen LogP contribution in [0, 0.1) is 13.8 Å². The van der Waals surface area contributed by atoms with E-state index in [2.05, 4.69) is 11.0 Å². The van der Waals surface area contributed by atoms with Gasteiger partial charge in [-0.25, -0.2) is 4.79 Å². The van der Waals surface area contributed by atoms with Crippen molar-refractivity contribution >= 4 is 16.9 Å². The van der Waals surface area contributed by atoms with Crippen molar-refractivity contribution in [1.29, 1.82) is 0 Å². The Bertz CT molecular complexity index is 912. The molecule has 1 unspecified atom stereocenters. The summed E-state index contributed by atoms with van der Waals surface area (Å²) in [5.41, 5.74) is 3.45. The number of rotatable bonds is 3. The first-order valence-electron chi connectivity index (χ1n) is 10.1. The highest BCUT2D eigenvalue weighted by atomic mass is 16.4. The minimum atomic E-state index is -0.314. The van der Waals surface area contributed by atoms with E-state index in [-0.39, 0.29) is 17.6 Å². The van der Waals surface area contributed by atoms with Gasteiger partial charge in [-0.15, -0.1) is 0 Å². The average Bonchev–Trinajstić information content (AvgIpc) is 3.20. The van der Waals surface area contributed by atoms with E-state index in [1.807, 2.05) is 24.8 Å². The van der Waals surface area contributed by atoms with Crippen molar-refractivity contribution in [3.63, 3.8) is 0 Å². The molecule has 5 nitrogen and oxygen atoms in total. The molecule has 2 saturated heterocycles. The second-order valence-corrected chi connectivity index (χ2v) is 7.99. The first-order chi connectivity index (χ1) is 13.0. The van der Waals surface area contributed by atoms with Crippen molar-refractivity contribution in [2.75, 3.05) is 19.6 Å². The van der Waals surface area contributed by atoms with Crippen LogP contribution >= 0.6 is 0 Å². The molecule has 1 amide bonds. The van der Waals surface area contributed by atoms with Gasteiger partial charge in [-0.05, 0) is 62.8 Å². The molecule has 1 aromatic carbocycles. The van der Waals surface area contributed by atoms with Gasteiger partial charge >= 0.3 is 5.63 Å². The smallest absolute Gasteiger partial charge is 0.336 e. The van der Waals surface area contributed by atoms with Gasteiger partial charge in [-0.1, -0.05) is 18.6 Å². The fourth-order valence-electron chi connectivity index (χ4n) is 4.48. The molecule has 5 heteroatoms. The Morgan fingerprint density at radius 1 is 1.11 bits per heavy atom. The Morgan fingerprint density at radius 3 is 2.63 bits per heavy atom. The van der Waals surface area contributed by atoms with E-state index in [1.54, 1.807) is 6.07 Å². The number of hydrogen-bond donors (Lipinski definition) is 0. The molecule has 2 aliphatic heterocycles. The number of aryl methyl sites for hydroxylation is 2. The lowest BCUT2D eigenvalue weighted by Gasteiger charge is -2.36. The van der Waals surface area contributed by atoms with Crippen molar-refractivity contribution in [3.05, 3.63) is 45.3 Å². The van der Waals surface area contributed by atoms with Gasteiger partial charge in [-0.2, -0.15) is 0 Å². The van der Waals surface area contributed by atoms with E-state index >= 15 is 0 Å². The van der Waals surface area contributed by atoms with Gasteiger partial charge in [-0.3, -0.25) is 9.69 Å². The lowest BCUT2D eigenvalue weighted by Crippen LogP contribution is -2.49. The SMILES string of the molecule is Cc1ccc2c(CN3CCCCC3C(=O)N3CCCC3)cc(=O)oc2c1C. The van der Waals surface area contributed by atoms with Crippen LogP contribution in [0.2, 0.25) is 0 Å². The Morgan fingerprint density at radius 2 is 1.85 bits per heavy atom. The van der Waals surface area contributed by atoms with E-state index in [0.29, 0.717) is 12.1 Å². The third-order valence-electron chi connectivity index (χ3n) is 6.21. The third kappa shape index (κ3) is 3.53. The lowest BCUT2D eigenvalue weighted by molar-refractivity contribution is -0.137. The molecule has 2 aromatic rings. The monoisotopic (exact) mass is 368 g/mol. The van der Waals surface area contributed by atoms with Crippen LogP contribution in [-0.2, 0) is 11.3 Å². The van der Waals surface area contributed by atoms with Crippen molar-refractivity contribution < 1.29 is 9.21 Å². The summed E-state index contributed by atoms with van der Waals surface area (Å²) in [7, 11) is 0. The quantitative estimate of drug-likeness (QED) is 0.780. The highest BCUT2D eigenvalue weighted by molar-refractivity contribution is 5.84. The zero-order valence-corrected chi connectivity index (χ0v) is 16.3. The predicted octanol–water partition coefficient (Wildman–Crippen LogP) is 3.39. The number of amides is 1. The number of hydrogen-bond acceptors (Lipinski definition) is 4. The van der Waals surface area contributed by atoms with Gasteiger partial charge in [0.15, 0.2) is 0 Å². The first kappa shape index (κ1) is 18.2. The predicted molar refractivity (Wildman–Crippen MR) is 106 cm³/mol. The average molecular weight is 368 g/mol. The van der Waals surface area contributed by atoms with Gasteiger partial charge in [0.1, 0.15) is 5.58 Å². The van der Waals surface area contributed by atoms with Gasteiger partial charge in [0.05, 0.1) is 6.04 Å². The topological polar surface area (TPSA) is 53.8 Å². The second-order valence-electron chi connectivity index (χ2n) is 7.99. The van der Waals surface area contributed by atoms with Crippen LogP contribution < -0.4 is 5.63 Å². The molecule has 144 valence electrons. The molecule has 0 aliphatic carbocycles. The highest BCUT2D eigenvalue weighted by Gasteiger charge is 2.33. The van der Waals surface area contributed by atoms with E-state index in [0.717, 1.165) is 73.8 Å². The van der Waals surface area contributed by atoms with Gasteiger partial charge in [0, 0.05) is 31.1 Å². The third-order valence-corrected chi connectivity index (χ3v) is 6.21. The number of carbonyl (C=O) groups is 1. The summed E-state index contributed by atoms with van der Waals surface area (Å²) in [6, 6.07) is 5.65. The number of nitrogens with zero attached hydrogens (tertiary/aromatic N) is 2. The fourth-order valence-corrected chi connectivity index (χ4v) is 4.48. The minimum Gasteiger partial charge on any atom is -0.422 e. The summed E-state index contributed by atoms with van der Waals surface area (Å²) in [5.74, 6) is 0.270. The zero-order chi connectivity index (χ0) is 19.0. The Labute approximate surface area is 159 Å². The molecule has 1 atom stereocenters. The summed E-state index contributed by atoms with van der Waals surface area (Å²) in [6.45, 7) is 7.31. The first-order valence-corrected chi connectivity index (χ1v) is 10.1. The Balaban J connectivity index is 1.66. The molecular formula is C22H28N2O3. The van der Waals surface area contributed by atoms with Crippen molar-refractivity contribution in [2.45, 2.75) is 58.5 Å². The molecule has 0 bridgehead atoms. The molecule has 0 saturated carbocycles. The molecule has 27 heavy (non-hydrogen) atoms. The minimum absolute atomic E-state index is 0.0642. The van der Waals surface area contributed by atoms with Gasteiger partial charge in [0.2, 0.25) is 5.91 Å². The summed E-state index contributed by atoms with van der Waals surface area (Å²) >= 11 is 0. The molecule has 2 aliphatic rings. The maximum atomic E-state index is 13.0. The van der Waals surface area contributed by atoms with Gasteiger partial charge < -0.3 is 9.32 Å². The van der Waals surface area contributed by atoms with Crippen LogP contribution in [0.4, 0.5) is 0 Å². The standard InChI is InChI=1S/C22H28N2O3/c1-15-8-9-18-17(13-20(25)27-21(18)16(15)2)14-24-12-4-3-7-19(24)22(26)23-10-5-6-11-23/h8-9,13,19H,3-7,10-12,14H2,1-2H3. The molecular weight excluding hydrogens is 340 g/mol. The fraction of sp³-hybridized carbons (Fsp3) is 0.545. The summed E-state index contributed by atoms with van der Waals surface area (Å²) in [4.78, 5) is 29.5. The van der Waals surface area contributed by atoms with E-state index in [4.69, 9.17) is 4.42 Å². The maximum Gasteiger partial charge on any atom is 0.336 e. The van der Waals surface area contributed by atoms with Crippen molar-refractivity contribution in [3.8, 4) is 0 Å². The summed E-state index contributed by atoms with van der Waals surface area (Å²) in [5, 5.41) is 0.982. The number of piperidine rings is 1. The molecule has 3 heterocycles. The normalized spacial score (nSPS) is 21.1. The molecule has 0 radical (unpaired) electrons. The molecule has 4 rings (SSSR count). The Hall–Kier alpha value is -2.14. The van der Waals surface area contributed by atoms with Crippen LogP contribution in [0.5, 0.6) is 0 Å². The largest absolute Gasteiger partial charge is 0.422 e.